The summed E-state index contributed by atoms with van der Waals surface area (Å²) in [5.41, 5.74) is 0.772. The minimum absolute atomic E-state index is 0.356. The Hall–Kier alpha value is -1.42. The largest absolute Gasteiger partial charge is 0.449 e. The van der Waals surface area contributed by atoms with E-state index in [1.165, 1.54) is 11.5 Å². The van der Waals surface area contributed by atoms with E-state index in [1.807, 2.05) is 42.1 Å². The molecule has 21 heavy (non-hydrogen) atoms. The van der Waals surface area contributed by atoms with E-state index in [-0.39, 0.29) is 6.09 Å². The molecule has 112 valence electrons. The molecule has 1 aromatic rings. The summed E-state index contributed by atoms with van der Waals surface area (Å²) in [5.74, 6) is 4.64. The van der Waals surface area contributed by atoms with Gasteiger partial charge in [0.25, 0.3) is 0 Å². The number of para-hydroxylation sites is 1. The van der Waals surface area contributed by atoms with Gasteiger partial charge < -0.3 is 4.74 Å². The van der Waals surface area contributed by atoms with Crippen molar-refractivity contribution in [3.63, 3.8) is 0 Å². The van der Waals surface area contributed by atoms with Crippen molar-refractivity contribution >= 4 is 23.5 Å². The Morgan fingerprint density at radius 1 is 1.29 bits per heavy atom. The molecule has 1 heterocycles. The van der Waals surface area contributed by atoms with Crippen LogP contribution < -0.4 is 5.32 Å². The first-order valence-corrected chi connectivity index (χ1v) is 8.64. The van der Waals surface area contributed by atoms with Crippen molar-refractivity contribution < 1.29 is 9.53 Å². The van der Waals surface area contributed by atoms with Gasteiger partial charge in [0.2, 0.25) is 0 Å². The Kier molecular flexibility index (Phi) is 4.54. The molecule has 1 aliphatic carbocycles. The second-order valence-electron chi connectivity index (χ2n) is 5.86. The van der Waals surface area contributed by atoms with Crippen LogP contribution in [0.3, 0.4) is 0 Å². The average Bonchev–Trinajstić information content (AvgIpc) is 2.96. The number of carbonyl (C=O) groups is 1. The molecule has 0 bridgehead atoms. The number of fused-ring (bicyclic) bond motifs is 1. The van der Waals surface area contributed by atoms with E-state index < -0.39 is 0 Å². The van der Waals surface area contributed by atoms with E-state index in [0.717, 1.165) is 5.69 Å². The van der Waals surface area contributed by atoms with Crippen molar-refractivity contribution in [2.45, 2.75) is 6.92 Å². The van der Waals surface area contributed by atoms with Gasteiger partial charge in [0.1, 0.15) is 0 Å². The molecular weight excluding hydrogens is 282 g/mol. The van der Waals surface area contributed by atoms with Gasteiger partial charge in [-0.3, -0.25) is 5.32 Å². The van der Waals surface area contributed by atoms with Gasteiger partial charge in [-0.15, -0.1) is 0 Å². The van der Waals surface area contributed by atoms with E-state index in [1.54, 1.807) is 0 Å². The summed E-state index contributed by atoms with van der Waals surface area (Å²) >= 11 is 2.01. The van der Waals surface area contributed by atoms with Crippen LogP contribution in [0.25, 0.3) is 0 Å². The first kappa shape index (κ1) is 14.5. The van der Waals surface area contributed by atoms with Crippen LogP contribution in [0.2, 0.25) is 0 Å². The SMILES string of the molecule is C[C@@H]1C=C[C@@H]2CSC[C@H]2[C@@H]1COC(=O)Nc1ccccc1. The first-order valence-electron chi connectivity index (χ1n) is 7.49. The Morgan fingerprint density at radius 3 is 2.90 bits per heavy atom. The summed E-state index contributed by atoms with van der Waals surface area (Å²) in [4.78, 5) is 11.9. The number of ether oxygens (including phenoxy) is 1. The van der Waals surface area contributed by atoms with Gasteiger partial charge in [-0.25, -0.2) is 4.79 Å². The molecule has 0 radical (unpaired) electrons. The minimum Gasteiger partial charge on any atom is -0.449 e. The summed E-state index contributed by atoms with van der Waals surface area (Å²) in [5, 5.41) is 2.77. The molecule has 3 rings (SSSR count). The second-order valence-corrected chi connectivity index (χ2v) is 6.94. The monoisotopic (exact) mass is 303 g/mol. The highest BCUT2D eigenvalue weighted by Gasteiger charge is 2.38. The van der Waals surface area contributed by atoms with Gasteiger partial charge in [0.05, 0.1) is 6.61 Å². The number of hydrogen-bond acceptors (Lipinski definition) is 3. The number of hydrogen-bond donors (Lipinski definition) is 1. The minimum atomic E-state index is -0.356. The second kappa shape index (κ2) is 6.56. The van der Waals surface area contributed by atoms with Gasteiger partial charge in [-0.2, -0.15) is 11.8 Å². The molecule has 1 saturated heterocycles. The predicted octanol–water partition coefficient (Wildman–Crippen LogP) is 4.04. The van der Waals surface area contributed by atoms with Crippen LogP contribution in [0.4, 0.5) is 10.5 Å². The van der Waals surface area contributed by atoms with Crippen molar-refractivity contribution in [3.05, 3.63) is 42.5 Å². The zero-order chi connectivity index (χ0) is 14.7. The summed E-state index contributed by atoms with van der Waals surface area (Å²) in [6.07, 6.45) is 4.29. The lowest BCUT2D eigenvalue weighted by molar-refractivity contribution is 0.0996. The molecule has 0 spiro atoms. The molecule has 0 aromatic heterocycles. The number of rotatable bonds is 3. The molecule has 0 unspecified atom stereocenters. The zero-order valence-corrected chi connectivity index (χ0v) is 13.0. The fourth-order valence-electron chi connectivity index (χ4n) is 3.20. The number of amides is 1. The van der Waals surface area contributed by atoms with Crippen LogP contribution in [0, 0.1) is 23.7 Å². The number of benzene rings is 1. The third kappa shape index (κ3) is 3.43. The highest BCUT2D eigenvalue weighted by molar-refractivity contribution is 7.99. The number of thioether (sulfide) groups is 1. The summed E-state index contributed by atoms with van der Waals surface area (Å²) in [6, 6.07) is 9.42. The summed E-state index contributed by atoms with van der Waals surface area (Å²) in [7, 11) is 0. The van der Waals surface area contributed by atoms with Gasteiger partial charge in [0, 0.05) is 11.6 Å². The van der Waals surface area contributed by atoms with Crippen molar-refractivity contribution in [2.75, 3.05) is 23.4 Å². The third-order valence-electron chi connectivity index (χ3n) is 4.48. The lowest BCUT2D eigenvalue weighted by Gasteiger charge is -2.33. The van der Waals surface area contributed by atoms with Crippen LogP contribution in [0.5, 0.6) is 0 Å². The predicted molar refractivity (Wildman–Crippen MR) is 87.5 cm³/mol. The third-order valence-corrected chi connectivity index (χ3v) is 5.73. The fourth-order valence-corrected chi connectivity index (χ4v) is 4.73. The van der Waals surface area contributed by atoms with Crippen molar-refractivity contribution in [1.29, 1.82) is 0 Å². The summed E-state index contributed by atoms with van der Waals surface area (Å²) in [6.45, 7) is 2.73. The molecule has 1 N–H and O–H groups in total. The molecule has 1 amide bonds. The Labute approximate surface area is 130 Å². The number of carbonyl (C=O) groups excluding carboxylic acids is 1. The molecule has 3 nitrogen and oxygen atoms in total. The first-order chi connectivity index (χ1) is 10.2. The molecule has 2 aliphatic rings. The molecule has 1 aliphatic heterocycles. The van der Waals surface area contributed by atoms with E-state index >= 15 is 0 Å². The lowest BCUT2D eigenvalue weighted by atomic mass is 9.73. The van der Waals surface area contributed by atoms with Gasteiger partial charge >= 0.3 is 6.09 Å². The van der Waals surface area contributed by atoms with Crippen LogP contribution in [0.1, 0.15) is 6.92 Å². The van der Waals surface area contributed by atoms with Gasteiger partial charge in [-0.1, -0.05) is 37.3 Å². The average molecular weight is 303 g/mol. The van der Waals surface area contributed by atoms with Crippen molar-refractivity contribution in [3.8, 4) is 0 Å². The van der Waals surface area contributed by atoms with E-state index in [2.05, 4.69) is 24.4 Å². The van der Waals surface area contributed by atoms with Gasteiger partial charge in [-0.05, 0) is 41.4 Å². The molecular formula is C17H21NO2S. The Balaban J connectivity index is 1.54. The Bertz CT molecular complexity index is 517. The maximum atomic E-state index is 11.9. The topological polar surface area (TPSA) is 38.3 Å². The number of nitrogens with one attached hydrogen (secondary N) is 1. The van der Waals surface area contributed by atoms with Crippen molar-refractivity contribution in [2.24, 2.45) is 23.7 Å². The molecule has 4 heteroatoms. The van der Waals surface area contributed by atoms with Crippen LogP contribution >= 0.6 is 11.8 Å². The van der Waals surface area contributed by atoms with Crippen LogP contribution in [0.15, 0.2) is 42.5 Å². The smallest absolute Gasteiger partial charge is 0.411 e. The van der Waals surface area contributed by atoms with Crippen LogP contribution in [-0.2, 0) is 4.74 Å². The normalized spacial score (nSPS) is 30.7. The zero-order valence-electron chi connectivity index (χ0n) is 12.2. The molecule has 4 atom stereocenters. The molecule has 0 saturated carbocycles. The fraction of sp³-hybridized carbons (Fsp3) is 0.471. The van der Waals surface area contributed by atoms with Crippen LogP contribution in [-0.4, -0.2) is 24.2 Å². The highest BCUT2D eigenvalue weighted by Crippen LogP contribution is 2.42. The maximum Gasteiger partial charge on any atom is 0.411 e. The molecule has 1 aromatic carbocycles. The molecule has 1 fully saturated rings. The number of anilines is 1. The van der Waals surface area contributed by atoms with E-state index in [0.29, 0.717) is 30.3 Å². The maximum absolute atomic E-state index is 11.9. The van der Waals surface area contributed by atoms with Gasteiger partial charge in [0.15, 0.2) is 0 Å². The van der Waals surface area contributed by atoms with E-state index in [9.17, 15) is 4.79 Å². The van der Waals surface area contributed by atoms with Crippen molar-refractivity contribution in [1.82, 2.24) is 0 Å². The lowest BCUT2D eigenvalue weighted by Crippen LogP contribution is -2.34. The quantitative estimate of drug-likeness (QED) is 0.857. The summed E-state index contributed by atoms with van der Waals surface area (Å²) < 4.78 is 5.47. The van der Waals surface area contributed by atoms with E-state index in [4.69, 9.17) is 4.74 Å². The number of allylic oxidation sites excluding steroid dienone is 2. The highest BCUT2D eigenvalue weighted by atomic mass is 32.2. The standard InChI is InChI=1S/C17H21NO2S/c1-12-7-8-13-10-21-11-16(13)15(12)9-20-17(19)18-14-5-3-2-4-6-14/h2-8,12-13,15-16H,9-11H2,1H3,(H,18,19)/t12-,13-,15-,16-/m1/s1. The Morgan fingerprint density at radius 2 is 2.10 bits per heavy atom.